The van der Waals surface area contributed by atoms with Crippen LogP contribution in [0.25, 0.3) is 0 Å². The van der Waals surface area contributed by atoms with Crippen molar-refractivity contribution < 1.29 is 23.8 Å². The van der Waals surface area contributed by atoms with Crippen molar-refractivity contribution in [2.45, 2.75) is 19.4 Å². The van der Waals surface area contributed by atoms with Crippen LogP contribution in [0, 0.1) is 5.82 Å². The molecule has 1 atom stereocenters. The molecule has 5 heteroatoms. The molecule has 0 spiro atoms. The molecule has 0 aliphatic rings. The van der Waals surface area contributed by atoms with E-state index in [2.05, 4.69) is 4.74 Å². The molecular weight excluding hydrogens is 227 g/mol. The molecule has 1 aromatic rings. The SMILES string of the molecule is CCc1cc(F)c(OC)c(C(O)C(=O)OC)c1. The largest absolute Gasteiger partial charge is 0.493 e. The van der Waals surface area contributed by atoms with Crippen LogP contribution < -0.4 is 4.74 Å². The van der Waals surface area contributed by atoms with Gasteiger partial charge >= 0.3 is 5.97 Å². The number of aliphatic hydroxyl groups excluding tert-OH is 1. The smallest absolute Gasteiger partial charge is 0.339 e. The first-order valence-electron chi connectivity index (χ1n) is 5.17. The second-order valence-electron chi connectivity index (χ2n) is 3.48. The maximum atomic E-state index is 13.6. The van der Waals surface area contributed by atoms with Crippen LogP contribution >= 0.6 is 0 Å². The number of benzene rings is 1. The number of aliphatic hydroxyl groups is 1. The maximum Gasteiger partial charge on any atom is 0.339 e. The standard InChI is InChI=1S/C12H15FO4/c1-4-7-5-8(10(14)12(15)17-3)11(16-2)9(13)6-7/h5-6,10,14H,4H2,1-3H3. The summed E-state index contributed by atoms with van der Waals surface area (Å²) in [6.45, 7) is 1.84. The Morgan fingerprint density at radius 3 is 2.59 bits per heavy atom. The number of ether oxygens (including phenoxy) is 2. The van der Waals surface area contributed by atoms with Gasteiger partial charge in [-0.05, 0) is 24.1 Å². The summed E-state index contributed by atoms with van der Waals surface area (Å²) in [5.41, 5.74) is 0.748. The van der Waals surface area contributed by atoms with Crippen LogP contribution in [0.2, 0.25) is 0 Å². The van der Waals surface area contributed by atoms with Gasteiger partial charge in [-0.1, -0.05) is 6.92 Å². The highest BCUT2D eigenvalue weighted by Crippen LogP contribution is 2.30. The van der Waals surface area contributed by atoms with Crippen LogP contribution in [-0.4, -0.2) is 25.3 Å². The van der Waals surface area contributed by atoms with Crippen LogP contribution in [0.15, 0.2) is 12.1 Å². The predicted octanol–water partition coefficient (Wildman–Crippen LogP) is 1.60. The van der Waals surface area contributed by atoms with Gasteiger partial charge in [0.25, 0.3) is 0 Å². The molecule has 0 aliphatic heterocycles. The molecule has 0 fully saturated rings. The molecule has 1 rings (SSSR count). The van der Waals surface area contributed by atoms with Crippen molar-refractivity contribution >= 4 is 5.97 Å². The van der Waals surface area contributed by atoms with Crippen molar-refractivity contribution in [3.05, 3.63) is 29.1 Å². The zero-order valence-electron chi connectivity index (χ0n) is 9.99. The van der Waals surface area contributed by atoms with Gasteiger partial charge in [-0.3, -0.25) is 0 Å². The van der Waals surface area contributed by atoms with E-state index in [9.17, 15) is 14.3 Å². The fraction of sp³-hybridized carbons (Fsp3) is 0.417. The number of hydrogen-bond acceptors (Lipinski definition) is 4. The van der Waals surface area contributed by atoms with Gasteiger partial charge in [0.2, 0.25) is 0 Å². The lowest BCUT2D eigenvalue weighted by Crippen LogP contribution is -2.15. The van der Waals surface area contributed by atoms with Crippen LogP contribution in [0.1, 0.15) is 24.2 Å². The molecule has 17 heavy (non-hydrogen) atoms. The normalized spacial score (nSPS) is 12.1. The first kappa shape index (κ1) is 13.4. The summed E-state index contributed by atoms with van der Waals surface area (Å²) >= 11 is 0. The van der Waals surface area contributed by atoms with E-state index in [0.29, 0.717) is 12.0 Å². The summed E-state index contributed by atoms with van der Waals surface area (Å²) in [5, 5.41) is 9.72. The van der Waals surface area contributed by atoms with Crippen LogP contribution in [-0.2, 0) is 16.0 Å². The van der Waals surface area contributed by atoms with E-state index in [0.717, 1.165) is 7.11 Å². The van der Waals surface area contributed by atoms with Crippen LogP contribution in [0.4, 0.5) is 4.39 Å². The molecule has 0 amide bonds. The minimum atomic E-state index is -1.55. The highest BCUT2D eigenvalue weighted by atomic mass is 19.1. The lowest BCUT2D eigenvalue weighted by atomic mass is 10.0. The number of esters is 1. The Kier molecular flexibility index (Phi) is 4.45. The first-order chi connectivity index (χ1) is 8.04. The molecule has 0 radical (unpaired) electrons. The number of methoxy groups -OCH3 is 2. The summed E-state index contributed by atoms with van der Waals surface area (Å²) in [5.74, 6) is -1.60. The molecule has 0 heterocycles. The van der Waals surface area contributed by atoms with Crippen molar-refractivity contribution in [2.24, 2.45) is 0 Å². The van der Waals surface area contributed by atoms with E-state index >= 15 is 0 Å². The predicted molar refractivity (Wildman–Crippen MR) is 59.3 cm³/mol. The van der Waals surface area contributed by atoms with Crippen molar-refractivity contribution in [1.82, 2.24) is 0 Å². The molecular formula is C12H15FO4. The lowest BCUT2D eigenvalue weighted by Gasteiger charge is -2.15. The number of rotatable bonds is 4. The number of hydrogen-bond donors (Lipinski definition) is 1. The molecule has 1 unspecified atom stereocenters. The quantitative estimate of drug-likeness (QED) is 0.815. The highest BCUT2D eigenvalue weighted by Gasteiger charge is 2.24. The van der Waals surface area contributed by atoms with Crippen molar-refractivity contribution in [2.75, 3.05) is 14.2 Å². The summed E-state index contributed by atoms with van der Waals surface area (Å²) in [6, 6.07) is 2.84. The Hall–Kier alpha value is -1.62. The van der Waals surface area contributed by atoms with Gasteiger partial charge in [0.05, 0.1) is 14.2 Å². The van der Waals surface area contributed by atoms with Gasteiger partial charge in [-0.25, -0.2) is 9.18 Å². The third-order valence-corrected chi connectivity index (χ3v) is 2.46. The summed E-state index contributed by atoms with van der Waals surface area (Å²) in [6.07, 6.45) is -0.960. The van der Waals surface area contributed by atoms with Gasteiger partial charge in [0, 0.05) is 5.56 Å². The Morgan fingerprint density at radius 1 is 1.47 bits per heavy atom. The lowest BCUT2D eigenvalue weighted by molar-refractivity contribution is -0.150. The van der Waals surface area contributed by atoms with E-state index in [1.165, 1.54) is 19.2 Å². The zero-order chi connectivity index (χ0) is 13.0. The molecule has 1 N–H and O–H groups in total. The fourth-order valence-corrected chi connectivity index (χ4v) is 1.53. The molecule has 0 saturated carbocycles. The minimum absolute atomic E-state index is 0.0798. The molecule has 0 saturated heterocycles. The second kappa shape index (κ2) is 5.63. The Labute approximate surface area is 99.0 Å². The summed E-state index contributed by atoms with van der Waals surface area (Å²) < 4.78 is 22.9. The van der Waals surface area contributed by atoms with E-state index in [-0.39, 0.29) is 11.3 Å². The van der Waals surface area contributed by atoms with Gasteiger partial charge < -0.3 is 14.6 Å². The first-order valence-corrected chi connectivity index (χ1v) is 5.17. The molecule has 0 aromatic heterocycles. The van der Waals surface area contributed by atoms with Gasteiger partial charge in [0.1, 0.15) is 0 Å². The Bertz CT molecular complexity index is 417. The Balaban J connectivity index is 3.28. The molecule has 0 bridgehead atoms. The Morgan fingerprint density at radius 2 is 2.12 bits per heavy atom. The zero-order valence-corrected chi connectivity index (χ0v) is 9.99. The summed E-state index contributed by atoms with van der Waals surface area (Å²) in [7, 11) is 2.43. The van der Waals surface area contributed by atoms with Gasteiger partial charge in [-0.2, -0.15) is 0 Å². The molecule has 94 valence electrons. The number of carbonyl (C=O) groups is 1. The van der Waals surface area contributed by atoms with Crippen LogP contribution in [0.3, 0.4) is 0 Å². The number of aryl methyl sites for hydroxylation is 1. The number of carbonyl (C=O) groups excluding carboxylic acids is 1. The third kappa shape index (κ3) is 2.74. The monoisotopic (exact) mass is 242 g/mol. The van der Waals surface area contributed by atoms with E-state index in [4.69, 9.17) is 4.74 Å². The number of halogens is 1. The van der Waals surface area contributed by atoms with Gasteiger partial charge in [-0.15, -0.1) is 0 Å². The highest BCUT2D eigenvalue weighted by molar-refractivity contribution is 5.77. The van der Waals surface area contributed by atoms with Crippen molar-refractivity contribution in [3.8, 4) is 5.75 Å². The minimum Gasteiger partial charge on any atom is -0.493 e. The second-order valence-corrected chi connectivity index (χ2v) is 3.48. The summed E-state index contributed by atoms with van der Waals surface area (Å²) in [4.78, 5) is 11.2. The molecule has 0 aliphatic carbocycles. The van der Waals surface area contributed by atoms with E-state index in [1.807, 2.05) is 6.92 Å². The molecule has 4 nitrogen and oxygen atoms in total. The third-order valence-electron chi connectivity index (χ3n) is 2.46. The fourth-order valence-electron chi connectivity index (χ4n) is 1.53. The topological polar surface area (TPSA) is 55.8 Å². The van der Waals surface area contributed by atoms with Crippen molar-refractivity contribution in [1.29, 1.82) is 0 Å². The van der Waals surface area contributed by atoms with E-state index in [1.54, 1.807) is 0 Å². The van der Waals surface area contributed by atoms with Crippen molar-refractivity contribution in [3.63, 3.8) is 0 Å². The van der Waals surface area contributed by atoms with E-state index < -0.39 is 17.9 Å². The average Bonchev–Trinajstić information content (AvgIpc) is 2.35. The average molecular weight is 242 g/mol. The van der Waals surface area contributed by atoms with Crippen LogP contribution in [0.5, 0.6) is 5.75 Å². The van der Waals surface area contributed by atoms with Gasteiger partial charge in [0.15, 0.2) is 17.7 Å². The maximum absolute atomic E-state index is 13.6. The molecule has 1 aromatic carbocycles.